The topological polar surface area (TPSA) is 55.6 Å². The highest BCUT2D eigenvalue weighted by Gasteiger charge is 2.07. The molecule has 1 N–H and O–H groups in total. The van der Waals surface area contributed by atoms with E-state index in [1.54, 1.807) is 11.0 Å². The summed E-state index contributed by atoms with van der Waals surface area (Å²) >= 11 is 6.00. The maximum absolute atomic E-state index is 6.00. The number of benzene rings is 2. The summed E-state index contributed by atoms with van der Waals surface area (Å²) in [4.78, 5) is 0. The van der Waals surface area contributed by atoms with Crippen LogP contribution in [0.1, 0.15) is 18.5 Å². The van der Waals surface area contributed by atoms with Gasteiger partial charge in [-0.3, -0.25) is 0 Å². The fourth-order valence-corrected chi connectivity index (χ4v) is 2.32. The molecule has 0 aliphatic rings. The summed E-state index contributed by atoms with van der Waals surface area (Å²) in [5.74, 6) is 0. The van der Waals surface area contributed by atoms with Crippen LogP contribution in [-0.2, 0) is 0 Å². The van der Waals surface area contributed by atoms with Crippen molar-refractivity contribution in [2.24, 2.45) is 0 Å². The second-order valence-electron chi connectivity index (χ2n) is 4.73. The van der Waals surface area contributed by atoms with Crippen molar-refractivity contribution in [1.29, 1.82) is 0 Å². The van der Waals surface area contributed by atoms with E-state index in [2.05, 4.69) is 39.9 Å². The van der Waals surface area contributed by atoms with E-state index >= 15 is 0 Å². The SMILES string of the molecule is CC(Nc1cccc(Cl)c1)c1cccc(-n2cnnn2)c1. The Morgan fingerprint density at radius 2 is 2.00 bits per heavy atom. The largest absolute Gasteiger partial charge is 0.378 e. The minimum absolute atomic E-state index is 0.139. The third-order valence-corrected chi connectivity index (χ3v) is 3.43. The van der Waals surface area contributed by atoms with Gasteiger partial charge in [-0.25, -0.2) is 4.68 Å². The van der Waals surface area contributed by atoms with Gasteiger partial charge in [-0.1, -0.05) is 29.8 Å². The highest BCUT2D eigenvalue weighted by atomic mass is 35.5. The van der Waals surface area contributed by atoms with E-state index in [0.29, 0.717) is 0 Å². The molecule has 2 aromatic carbocycles. The first-order chi connectivity index (χ1) is 10.2. The molecular formula is C15H14ClN5. The number of tetrazole rings is 1. The molecule has 21 heavy (non-hydrogen) atoms. The number of anilines is 1. The molecule has 1 heterocycles. The summed E-state index contributed by atoms with van der Waals surface area (Å²) in [5, 5.41) is 15.3. The van der Waals surface area contributed by atoms with Crippen LogP contribution in [-0.4, -0.2) is 20.2 Å². The minimum atomic E-state index is 0.139. The van der Waals surface area contributed by atoms with Crippen LogP contribution in [0.5, 0.6) is 0 Å². The van der Waals surface area contributed by atoms with Gasteiger partial charge in [0.05, 0.1) is 5.69 Å². The van der Waals surface area contributed by atoms with E-state index in [9.17, 15) is 0 Å². The van der Waals surface area contributed by atoms with Crippen molar-refractivity contribution < 1.29 is 0 Å². The van der Waals surface area contributed by atoms with Gasteiger partial charge >= 0.3 is 0 Å². The van der Waals surface area contributed by atoms with Gasteiger partial charge in [0, 0.05) is 16.8 Å². The van der Waals surface area contributed by atoms with Gasteiger partial charge in [0.25, 0.3) is 0 Å². The van der Waals surface area contributed by atoms with Crippen LogP contribution in [0.25, 0.3) is 5.69 Å². The van der Waals surface area contributed by atoms with Gasteiger partial charge < -0.3 is 5.32 Å². The minimum Gasteiger partial charge on any atom is -0.378 e. The Bertz CT molecular complexity index is 726. The fraction of sp³-hybridized carbons (Fsp3) is 0.133. The number of nitrogens with one attached hydrogen (secondary N) is 1. The average molecular weight is 300 g/mol. The van der Waals surface area contributed by atoms with Crippen molar-refractivity contribution in [2.45, 2.75) is 13.0 Å². The summed E-state index contributed by atoms with van der Waals surface area (Å²) in [6.07, 6.45) is 1.58. The van der Waals surface area contributed by atoms with Crippen molar-refractivity contribution >= 4 is 17.3 Å². The third kappa shape index (κ3) is 3.20. The number of rotatable bonds is 4. The first kappa shape index (κ1) is 13.6. The molecule has 6 heteroatoms. The number of aromatic nitrogens is 4. The molecule has 0 fully saturated rings. The van der Waals surface area contributed by atoms with E-state index < -0.39 is 0 Å². The van der Waals surface area contributed by atoms with Crippen LogP contribution in [0, 0.1) is 0 Å². The molecule has 5 nitrogen and oxygen atoms in total. The quantitative estimate of drug-likeness (QED) is 0.801. The monoisotopic (exact) mass is 299 g/mol. The Morgan fingerprint density at radius 3 is 2.76 bits per heavy atom. The summed E-state index contributed by atoms with van der Waals surface area (Å²) < 4.78 is 1.63. The molecule has 0 radical (unpaired) electrons. The van der Waals surface area contributed by atoms with E-state index in [4.69, 9.17) is 11.6 Å². The lowest BCUT2D eigenvalue weighted by Crippen LogP contribution is -2.07. The summed E-state index contributed by atoms with van der Waals surface area (Å²) in [6, 6.07) is 15.9. The van der Waals surface area contributed by atoms with Gasteiger partial charge in [0.15, 0.2) is 0 Å². The lowest BCUT2D eigenvalue weighted by atomic mass is 10.1. The highest BCUT2D eigenvalue weighted by Crippen LogP contribution is 2.23. The summed E-state index contributed by atoms with van der Waals surface area (Å²) in [5.41, 5.74) is 3.06. The Morgan fingerprint density at radius 1 is 1.14 bits per heavy atom. The smallest absolute Gasteiger partial charge is 0.143 e. The normalized spacial score (nSPS) is 12.1. The zero-order valence-corrected chi connectivity index (χ0v) is 12.2. The third-order valence-electron chi connectivity index (χ3n) is 3.19. The standard InChI is InChI=1S/C15H14ClN5/c1-11(18-14-6-3-5-13(16)9-14)12-4-2-7-15(8-12)21-10-17-19-20-21/h2-11,18H,1H3. The first-order valence-electron chi connectivity index (χ1n) is 6.58. The molecule has 0 aliphatic heterocycles. The van der Waals surface area contributed by atoms with E-state index in [-0.39, 0.29) is 6.04 Å². The van der Waals surface area contributed by atoms with Crippen molar-refractivity contribution in [3.63, 3.8) is 0 Å². The van der Waals surface area contributed by atoms with Crippen LogP contribution in [0.3, 0.4) is 0 Å². The van der Waals surface area contributed by atoms with Crippen LogP contribution in [0.4, 0.5) is 5.69 Å². The Labute approximate surface area is 127 Å². The molecule has 0 saturated heterocycles. The van der Waals surface area contributed by atoms with Crippen molar-refractivity contribution in [1.82, 2.24) is 20.2 Å². The van der Waals surface area contributed by atoms with Crippen LogP contribution >= 0.6 is 11.6 Å². The average Bonchev–Trinajstić information content (AvgIpc) is 3.02. The first-order valence-corrected chi connectivity index (χ1v) is 6.95. The predicted octanol–water partition coefficient (Wildman–Crippen LogP) is 3.49. The molecular weight excluding hydrogens is 286 g/mol. The van der Waals surface area contributed by atoms with Gasteiger partial charge in [-0.2, -0.15) is 0 Å². The molecule has 1 atom stereocenters. The Balaban J connectivity index is 1.81. The summed E-state index contributed by atoms with van der Waals surface area (Å²) in [6.45, 7) is 2.10. The van der Waals surface area contributed by atoms with E-state index in [0.717, 1.165) is 22.0 Å². The highest BCUT2D eigenvalue weighted by molar-refractivity contribution is 6.30. The van der Waals surface area contributed by atoms with Gasteiger partial charge in [0.1, 0.15) is 6.33 Å². The van der Waals surface area contributed by atoms with Crippen molar-refractivity contribution in [3.05, 3.63) is 65.4 Å². The van der Waals surface area contributed by atoms with E-state index in [1.165, 1.54) is 0 Å². The lowest BCUT2D eigenvalue weighted by Gasteiger charge is -2.16. The zero-order valence-electron chi connectivity index (χ0n) is 11.4. The predicted molar refractivity (Wildman–Crippen MR) is 82.6 cm³/mol. The number of hydrogen-bond donors (Lipinski definition) is 1. The fourth-order valence-electron chi connectivity index (χ4n) is 2.13. The van der Waals surface area contributed by atoms with Gasteiger partial charge in [-0.05, 0) is 53.2 Å². The molecule has 0 aliphatic carbocycles. The Hall–Kier alpha value is -2.40. The lowest BCUT2D eigenvalue weighted by molar-refractivity contribution is 0.785. The molecule has 0 bridgehead atoms. The molecule has 3 rings (SSSR count). The maximum atomic E-state index is 6.00. The van der Waals surface area contributed by atoms with Crippen LogP contribution in [0.15, 0.2) is 54.9 Å². The molecule has 0 spiro atoms. The van der Waals surface area contributed by atoms with Crippen molar-refractivity contribution in [3.8, 4) is 5.69 Å². The van der Waals surface area contributed by atoms with E-state index in [1.807, 2.05) is 36.4 Å². The molecule has 0 saturated carbocycles. The van der Waals surface area contributed by atoms with Gasteiger partial charge in [0.2, 0.25) is 0 Å². The second kappa shape index (κ2) is 5.93. The summed E-state index contributed by atoms with van der Waals surface area (Å²) in [7, 11) is 0. The molecule has 3 aromatic rings. The number of hydrogen-bond acceptors (Lipinski definition) is 4. The second-order valence-corrected chi connectivity index (χ2v) is 5.16. The molecule has 1 aromatic heterocycles. The van der Waals surface area contributed by atoms with Crippen LogP contribution < -0.4 is 5.32 Å². The van der Waals surface area contributed by atoms with Crippen LogP contribution in [0.2, 0.25) is 5.02 Å². The van der Waals surface area contributed by atoms with Gasteiger partial charge in [-0.15, -0.1) is 5.10 Å². The molecule has 1 unspecified atom stereocenters. The number of nitrogens with zero attached hydrogens (tertiary/aromatic N) is 4. The Kier molecular flexibility index (Phi) is 3.83. The zero-order chi connectivity index (χ0) is 14.7. The molecule has 106 valence electrons. The number of halogens is 1. The molecule has 0 amide bonds. The maximum Gasteiger partial charge on any atom is 0.143 e. The van der Waals surface area contributed by atoms with Crippen molar-refractivity contribution in [2.75, 3.05) is 5.32 Å².